The number of nitrogens with one attached hydrogen (secondary N) is 2. The van der Waals surface area contributed by atoms with Gasteiger partial charge in [-0.15, -0.1) is 0 Å². The lowest BCUT2D eigenvalue weighted by molar-refractivity contribution is -0.137. The van der Waals surface area contributed by atoms with Crippen LogP contribution in [0.1, 0.15) is 65.4 Å². The number of Topliss-reactive ketones (excluding diaryl/α,β-unsaturated/α-hetero) is 1. The Hall–Kier alpha value is -2.67. The van der Waals surface area contributed by atoms with Crippen LogP contribution in [0.5, 0.6) is 0 Å². The molecular formula is C23H35N3O4. The third-order valence-electron chi connectivity index (χ3n) is 4.66. The molecule has 0 atom stereocenters. The molecule has 0 radical (unpaired) electrons. The largest absolute Gasteiger partial charge is 0.326 e. The monoisotopic (exact) mass is 417 g/mol. The van der Waals surface area contributed by atoms with E-state index in [4.69, 9.17) is 5.21 Å². The second-order valence-electron chi connectivity index (χ2n) is 8.60. The molecular weight excluding hydrogens is 382 g/mol. The highest BCUT2D eigenvalue weighted by molar-refractivity contribution is 5.95. The van der Waals surface area contributed by atoms with Crippen molar-refractivity contribution >= 4 is 23.3 Å². The minimum atomic E-state index is -0.335. The van der Waals surface area contributed by atoms with Crippen molar-refractivity contribution in [1.82, 2.24) is 10.4 Å². The molecule has 2 amide bonds. The molecule has 1 aromatic rings. The summed E-state index contributed by atoms with van der Waals surface area (Å²) < 4.78 is 0. The molecule has 30 heavy (non-hydrogen) atoms. The third-order valence-corrected chi connectivity index (χ3v) is 4.66. The molecule has 166 valence electrons. The first-order valence-electron chi connectivity index (χ1n) is 10.3. The van der Waals surface area contributed by atoms with Gasteiger partial charge in [0.2, 0.25) is 11.8 Å². The minimum Gasteiger partial charge on any atom is -0.326 e. The van der Waals surface area contributed by atoms with E-state index in [2.05, 4.69) is 32.7 Å². The normalized spacial score (nSPS) is 11.0. The van der Waals surface area contributed by atoms with Gasteiger partial charge in [0.1, 0.15) is 12.3 Å². The number of carbonyl (C=O) groups is 3. The van der Waals surface area contributed by atoms with E-state index < -0.39 is 0 Å². The predicted molar refractivity (Wildman–Crippen MR) is 118 cm³/mol. The first-order chi connectivity index (χ1) is 14.0. The number of amides is 2. The van der Waals surface area contributed by atoms with Gasteiger partial charge < -0.3 is 10.2 Å². The van der Waals surface area contributed by atoms with Crippen LogP contribution >= 0.6 is 0 Å². The Bertz CT molecular complexity index is 736. The fourth-order valence-corrected chi connectivity index (χ4v) is 2.93. The Kier molecular flexibility index (Phi) is 10.3. The zero-order chi connectivity index (χ0) is 22.7. The van der Waals surface area contributed by atoms with E-state index in [1.54, 1.807) is 0 Å². The highest BCUT2D eigenvalue weighted by Gasteiger charge is 2.19. The van der Waals surface area contributed by atoms with Crippen molar-refractivity contribution in [2.45, 2.75) is 65.2 Å². The Morgan fingerprint density at radius 3 is 2.13 bits per heavy atom. The predicted octanol–water partition coefficient (Wildman–Crippen LogP) is 3.78. The maximum absolute atomic E-state index is 12.5. The molecule has 1 rings (SSSR count). The second kappa shape index (κ2) is 12.1. The number of ketones is 1. The molecule has 1 aromatic carbocycles. The van der Waals surface area contributed by atoms with E-state index >= 15 is 0 Å². The number of allylic oxidation sites excluding steroid dienone is 1. The zero-order valence-electron chi connectivity index (χ0n) is 18.6. The number of nitrogens with zero attached hydrogens (tertiary/aromatic N) is 1. The summed E-state index contributed by atoms with van der Waals surface area (Å²) >= 11 is 0. The van der Waals surface area contributed by atoms with Crippen LogP contribution in [0.2, 0.25) is 0 Å². The van der Waals surface area contributed by atoms with Gasteiger partial charge in [-0.2, -0.15) is 0 Å². The van der Waals surface area contributed by atoms with Crippen molar-refractivity contribution < 1.29 is 19.6 Å². The average Bonchev–Trinajstić information content (AvgIpc) is 2.66. The van der Waals surface area contributed by atoms with Crippen LogP contribution in [0.4, 0.5) is 5.69 Å². The van der Waals surface area contributed by atoms with E-state index in [9.17, 15) is 14.4 Å². The fraction of sp³-hybridized carbons (Fsp3) is 0.522. The van der Waals surface area contributed by atoms with Crippen molar-refractivity contribution in [2.75, 3.05) is 18.4 Å². The summed E-state index contributed by atoms with van der Waals surface area (Å²) in [5.41, 5.74) is 4.37. The van der Waals surface area contributed by atoms with Crippen molar-refractivity contribution in [3.8, 4) is 0 Å². The molecule has 0 spiro atoms. The standard InChI is InChI=1S/C23H35N3O4/c1-17(25-30)9-7-6-8-10-22(29)26(15-18(2)27)16-21(28)24-20-13-11-19(12-14-20)23(3,4)5/h11-14,25,30H,1,6-10,15-16H2,2-5H3,(H,24,28). The lowest BCUT2D eigenvalue weighted by Crippen LogP contribution is -2.40. The molecule has 7 heteroatoms. The van der Waals surface area contributed by atoms with Crippen molar-refractivity contribution in [3.05, 3.63) is 42.1 Å². The Morgan fingerprint density at radius 2 is 1.60 bits per heavy atom. The Balaban J connectivity index is 2.57. The van der Waals surface area contributed by atoms with Crippen LogP contribution in [0.3, 0.4) is 0 Å². The van der Waals surface area contributed by atoms with Crippen molar-refractivity contribution in [1.29, 1.82) is 0 Å². The van der Waals surface area contributed by atoms with Crippen LogP contribution in [0, 0.1) is 0 Å². The smallest absolute Gasteiger partial charge is 0.244 e. The molecule has 0 aliphatic carbocycles. The quantitative estimate of drug-likeness (QED) is 0.355. The molecule has 7 nitrogen and oxygen atoms in total. The summed E-state index contributed by atoms with van der Waals surface area (Å²) in [6, 6.07) is 7.61. The van der Waals surface area contributed by atoms with E-state index in [0.29, 0.717) is 24.2 Å². The van der Waals surface area contributed by atoms with Crippen molar-refractivity contribution in [3.63, 3.8) is 0 Å². The van der Waals surface area contributed by atoms with E-state index in [1.807, 2.05) is 29.7 Å². The maximum atomic E-state index is 12.5. The lowest BCUT2D eigenvalue weighted by atomic mass is 9.87. The fourth-order valence-electron chi connectivity index (χ4n) is 2.93. The lowest BCUT2D eigenvalue weighted by Gasteiger charge is -2.22. The van der Waals surface area contributed by atoms with Gasteiger partial charge in [0, 0.05) is 17.8 Å². The van der Waals surface area contributed by atoms with Crippen LogP contribution in [0.25, 0.3) is 0 Å². The van der Waals surface area contributed by atoms with Gasteiger partial charge in [-0.05, 0) is 49.3 Å². The highest BCUT2D eigenvalue weighted by Crippen LogP contribution is 2.23. The van der Waals surface area contributed by atoms with Gasteiger partial charge in [0.25, 0.3) is 0 Å². The van der Waals surface area contributed by atoms with Gasteiger partial charge in [0.05, 0.1) is 6.54 Å². The summed E-state index contributed by atoms with van der Waals surface area (Å²) in [6.45, 7) is 11.1. The van der Waals surface area contributed by atoms with Crippen LogP contribution in [-0.4, -0.2) is 40.8 Å². The van der Waals surface area contributed by atoms with Gasteiger partial charge in [0.15, 0.2) is 0 Å². The molecule has 0 aromatic heterocycles. The Morgan fingerprint density at radius 1 is 1.00 bits per heavy atom. The highest BCUT2D eigenvalue weighted by atomic mass is 16.5. The molecule has 0 saturated heterocycles. The number of hydrogen-bond acceptors (Lipinski definition) is 5. The number of hydroxylamine groups is 1. The number of hydrogen-bond donors (Lipinski definition) is 3. The number of benzene rings is 1. The first-order valence-corrected chi connectivity index (χ1v) is 10.3. The summed E-state index contributed by atoms with van der Waals surface area (Å²) in [6.07, 6.45) is 3.10. The van der Waals surface area contributed by atoms with E-state index in [1.165, 1.54) is 11.8 Å². The van der Waals surface area contributed by atoms with Crippen LogP contribution < -0.4 is 10.8 Å². The SMILES string of the molecule is C=C(CCCCCC(=O)N(CC(C)=O)CC(=O)Nc1ccc(C(C)(C)C)cc1)NO. The van der Waals surface area contributed by atoms with Gasteiger partial charge in [-0.3, -0.25) is 25.1 Å². The summed E-state index contributed by atoms with van der Waals surface area (Å²) in [5, 5.41) is 11.5. The molecule has 0 saturated carbocycles. The number of unbranched alkanes of at least 4 members (excludes halogenated alkanes) is 2. The number of rotatable bonds is 12. The molecule has 3 N–H and O–H groups in total. The van der Waals surface area contributed by atoms with E-state index in [0.717, 1.165) is 18.4 Å². The molecule has 0 bridgehead atoms. The number of anilines is 1. The maximum Gasteiger partial charge on any atom is 0.244 e. The molecule has 0 heterocycles. The summed E-state index contributed by atoms with van der Waals surface area (Å²) in [7, 11) is 0. The molecule has 0 fully saturated rings. The first kappa shape index (κ1) is 25.4. The average molecular weight is 418 g/mol. The number of carbonyl (C=O) groups excluding carboxylic acids is 3. The van der Waals surface area contributed by atoms with Crippen LogP contribution in [-0.2, 0) is 19.8 Å². The topological polar surface area (TPSA) is 98.7 Å². The van der Waals surface area contributed by atoms with Crippen LogP contribution in [0.15, 0.2) is 36.5 Å². The summed E-state index contributed by atoms with van der Waals surface area (Å²) in [5.74, 6) is -0.725. The Labute approximate surface area is 179 Å². The summed E-state index contributed by atoms with van der Waals surface area (Å²) in [4.78, 5) is 37.8. The molecule has 0 unspecified atom stereocenters. The molecule has 0 aliphatic heterocycles. The van der Waals surface area contributed by atoms with Gasteiger partial charge in [-0.25, -0.2) is 0 Å². The minimum absolute atomic E-state index is 0.0229. The van der Waals surface area contributed by atoms with Crippen molar-refractivity contribution in [2.24, 2.45) is 0 Å². The second-order valence-corrected chi connectivity index (χ2v) is 8.60. The third kappa shape index (κ3) is 9.69. The van der Waals surface area contributed by atoms with Gasteiger partial charge >= 0.3 is 0 Å². The van der Waals surface area contributed by atoms with E-state index in [-0.39, 0.29) is 42.5 Å². The molecule has 0 aliphatic rings. The zero-order valence-corrected chi connectivity index (χ0v) is 18.6. The van der Waals surface area contributed by atoms with Gasteiger partial charge in [-0.1, -0.05) is 45.9 Å².